The molecule has 0 amide bonds. The molecular formula is C20H16N4O3S. The van der Waals surface area contributed by atoms with E-state index in [4.69, 9.17) is 0 Å². The van der Waals surface area contributed by atoms with Crippen LogP contribution in [0.15, 0.2) is 59.4 Å². The lowest BCUT2D eigenvalue weighted by atomic mass is 9.79. The molecule has 0 radical (unpaired) electrons. The molecule has 0 saturated carbocycles. The molecule has 0 fully saturated rings. The van der Waals surface area contributed by atoms with Crippen LogP contribution < -0.4 is 5.32 Å². The molecule has 8 heteroatoms. The third kappa shape index (κ3) is 2.56. The molecule has 0 spiro atoms. The number of ketones is 1. The van der Waals surface area contributed by atoms with E-state index in [-0.39, 0.29) is 17.3 Å². The zero-order chi connectivity index (χ0) is 19.3. The predicted molar refractivity (Wildman–Crippen MR) is 104 cm³/mol. The molecule has 0 saturated heterocycles. The SMILES string of the molecule is O=C1C[C@H](c2cccs2)CC2=C1[C@H](c1ccccc1C(=O)O)n1ncnc1N2. The number of anilines is 1. The summed E-state index contributed by atoms with van der Waals surface area (Å²) in [5.74, 6) is -0.386. The number of fused-ring (bicyclic) bond motifs is 1. The maximum Gasteiger partial charge on any atom is 0.336 e. The fourth-order valence-electron chi connectivity index (χ4n) is 4.09. The number of thiophene rings is 1. The van der Waals surface area contributed by atoms with E-state index in [1.54, 1.807) is 40.3 Å². The maximum atomic E-state index is 13.2. The second-order valence-corrected chi connectivity index (χ2v) is 7.86. The number of hydrogen-bond acceptors (Lipinski definition) is 6. The summed E-state index contributed by atoms with van der Waals surface area (Å²) >= 11 is 1.65. The average molecular weight is 392 g/mol. The third-order valence-corrected chi connectivity index (χ3v) is 6.33. The van der Waals surface area contributed by atoms with Crippen LogP contribution in [0, 0.1) is 0 Å². The molecule has 2 aliphatic rings. The minimum absolute atomic E-state index is 0.0125. The molecule has 1 aliphatic heterocycles. The molecule has 2 N–H and O–H groups in total. The minimum atomic E-state index is -1.03. The standard InChI is InChI=1S/C20H16N4O3S/c25-15-9-11(16-6-3-7-28-16)8-14-17(15)18(24-20(23-14)21-10-22-24)12-4-1-2-5-13(12)19(26)27/h1-7,10-11,18H,8-9H2,(H,26,27)(H,21,22,23)/t11-,18+/m1/s1. The lowest BCUT2D eigenvalue weighted by Gasteiger charge is -2.35. The van der Waals surface area contributed by atoms with Crippen molar-refractivity contribution in [2.45, 2.75) is 24.8 Å². The van der Waals surface area contributed by atoms with Crippen molar-refractivity contribution in [2.75, 3.05) is 5.32 Å². The van der Waals surface area contributed by atoms with Crippen molar-refractivity contribution >= 4 is 29.0 Å². The topological polar surface area (TPSA) is 97.1 Å². The van der Waals surface area contributed by atoms with Crippen LogP contribution >= 0.6 is 11.3 Å². The highest BCUT2D eigenvalue weighted by atomic mass is 32.1. The van der Waals surface area contributed by atoms with Crippen molar-refractivity contribution in [1.29, 1.82) is 0 Å². The van der Waals surface area contributed by atoms with Crippen molar-refractivity contribution in [1.82, 2.24) is 14.8 Å². The lowest BCUT2D eigenvalue weighted by molar-refractivity contribution is -0.116. The fourth-order valence-corrected chi connectivity index (χ4v) is 4.92. The number of carboxylic acids is 1. The average Bonchev–Trinajstić information content (AvgIpc) is 3.38. The number of carbonyl (C=O) groups excluding carboxylic acids is 1. The van der Waals surface area contributed by atoms with Gasteiger partial charge >= 0.3 is 5.97 Å². The largest absolute Gasteiger partial charge is 0.478 e. The molecule has 0 bridgehead atoms. The zero-order valence-corrected chi connectivity index (χ0v) is 15.5. The summed E-state index contributed by atoms with van der Waals surface area (Å²) in [7, 11) is 0. The number of carbonyl (C=O) groups is 2. The van der Waals surface area contributed by atoms with Gasteiger partial charge in [-0.25, -0.2) is 9.48 Å². The van der Waals surface area contributed by atoms with Crippen molar-refractivity contribution < 1.29 is 14.7 Å². The highest BCUT2D eigenvalue weighted by molar-refractivity contribution is 7.10. The van der Waals surface area contributed by atoms with Crippen molar-refractivity contribution in [2.24, 2.45) is 0 Å². The Kier molecular flexibility index (Phi) is 3.87. The Morgan fingerprint density at radius 3 is 2.86 bits per heavy atom. The predicted octanol–water partition coefficient (Wildman–Crippen LogP) is 3.45. The molecule has 1 aromatic carbocycles. The summed E-state index contributed by atoms with van der Waals surface area (Å²) in [5, 5.41) is 19.2. The molecule has 5 rings (SSSR count). The van der Waals surface area contributed by atoms with Gasteiger partial charge in [0.1, 0.15) is 12.4 Å². The van der Waals surface area contributed by atoms with E-state index in [0.29, 0.717) is 29.9 Å². The first kappa shape index (κ1) is 16.9. The maximum absolute atomic E-state index is 13.2. The monoisotopic (exact) mass is 392 g/mol. The number of nitrogens with one attached hydrogen (secondary N) is 1. The third-order valence-electron chi connectivity index (χ3n) is 5.29. The first-order valence-electron chi connectivity index (χ1n) is 8.92. The molecular weight excluding hydrogens is 376 g/mol. The zero-order valence-electron chi connectivity index (χ0n) is 14.7. The smallest absolute Gasteiger partial charge is 0.336 e. The summed E-state index contributed by atoms with van der Waals surface area (Å²) in [6, 6.07) is 10.2. The number of allylic oxidation sites excluding steroid dienone is 2. The van der Waals surface area contributed by atoms with E-state index in [2.05, 4.69) is 21.5 Å². The van der Waals surface area contributed by atoms with Gasteiger partial charge < -0.3 is 10.4 Å². The van der Waals surface area contributed by atoms with E-state index in [0.717, 1.165) is 5.70 Å². The van der Waals surface area contributed by atoms with Crippen LogP contribution in [0.1, 0.15) is 45.6 Å². The van der Waals surface area contributed by atoms with E-state index in [9.17, 15) is 14.7 Å². The summed E-state index contributed by atoms with van der Waals surface area (Å²) in [6.45, 7) is 0. The van der Waals surface area contributed by atoms with Gasteiger partial charge in [0.25, 0.3) is 0 Å². The van der Waals surface area contributed by atoms with Crippen LogP contribution in [-0.4, -0.2) is 31.6 Å². The Morgan fingerprint density at radius 2 is 2.07 bits per heavy atom. The van der Waals surface area contributed by atoms with E-state index in [1.807, 2.05) is 11.4 Å². The Labute approximate surface area is 164 Å². The minimum Gasteiger partial charge on any atom is -0.478 e. The summed E-state index contributed by atoms with van der Waals surface area (Å²) in [4.78, 5) is 30.5. The van der Waals surface area contributed by atoms with Gasteiger partial charge in [-0.05, 0) is 29.5 Å². The number of carboxylic acid groups (broad SMARTS) is 1. The van der Waals surface area contributed by atoms with Crippen LogP contribution in [0.4, 0.5) is 5.95 Å². The number of benzene rings is 1. The highest BCUT2D eigenvalue weighted by Gasteiger charge is 2.40. The van der Waals surface area contributed by atoms with E-state index in [1.165, 1.54) is 11.2 Å². The number of hydrogen-bond donors (Lipinski definition) is 2. The Balaban J connectivity index is 1.67. The number of nitrogens with zero attached hydrogens (tertiary/aromatic N) is 3. The molecule has 2 aromatic heterocycles. The second kappa shape index (κ2) is 6.42. The Hall–Kier alpha value is -3.26. The number of Topliss-reactive ketones (excluding diaryl/α,β-unsaturated/α-hetero) is 1. The molecule has 2 atom stereocenters. The van der Waals surface area contributed by atoms with Gasteiger partial charge in [-0.3, -0.25) is 4.79 Å². The van der Waals surface area contributed by atoms with Crippen molar-refractivity contribution in [3.8, 4) is 0 Å². The lowest BCUT2D eigenvalue weighted by Crippen LogP contribution is -2.34. The van der Waals surface area contributed by atoms with Gasteiger partial charge in [0.15, 0.2) is 5.78 Å². The van der Waals surface area contributed by atoms with E-state index < -0.39 is 12.0 Å². The van der Waals surface area contributed by atoms with Crippen LogP contribution in [0.2, 0.25) is 0 Å². The quantitative estimate of drug-likeness (QED) is 0.709. The summed E-state index contributed by atoms with van der Waals surface area (Å²) in [5.41, 5.74) is 2.09. The van der Waals surface area contributed by atoms with Gasteiger partial charge in [0, 0.05) is 28.5 Å². The second-order valence-electron chi connectivity index (χ2n) is 6.88. The van der Waals surface area contributed by atoms with Crippen LogP contribution in [0.5, 0.6) is 0 Å². The van der Waals surface area contributed by atoms with Crippen LogP contribution in [0.3, 0.4) is 0 Å². The van der Waals surface area contributed by atoms with E-state index >= 15 is 0 Å². The van der Waals surface area contributed by atoms with Gasteiger partial charge in [0.05, 0.1) is 5.56 Å². The van der Waals surface area contributed by atoms with Gasteiger partial charge in [0.2, 0.25) is 5.95 Å². The van der Waals surface area contributed by atoms with Crippen LogP contribution in [0.25, 0.3) is 0 Å². The first-order valence-corrected chi connectivity index (χ1v) is 9.80. The highest BCUT2D eigenvalue weighted by Crippen LogP contribution is 2.45. The molecule has 28 heavy (non-hydrogen) atoms. The number of aromatic nitrogens is 3. The Morgan fingerprint density at radius 1 is 1.21 bits per heavy atom. The molecule has 140 valence electrons. The van der Waals surface area contributed by atoms with Crippen molar-refractivity contribution in [3.63, 3.8) is 0 Å². The molecule has 7 nitrogen and oxygen atoms in total. The van der Waals surface area contributed by atoms with Gasteiger partial charge in [-0.1, -0.05) is 24.3 Å². The fraction of sp³-hybridized carbons (Fsp3) is 0.200. The number of rotatable bonds is 3. The molecule has 3 aromatic rings. The van der Waals surface area contributed by atoms with Gasteiger partial charge in [-0.15, -0.1) is 11.3 Å². The van der Waals surface area contributed by atoms with Crippen molar-refractivity contribution in [3.05, 3.63) is 75.4 Å². The summed E-state index contributed by atoms with van der Waals surface area (Å²) in [6.07, 6.45) is 2.50. The Bertz CT molecular complexity index is 1120. The molecule has 3 heterocycles. The van der Waals surface area contributed by atoms with Gasteiger partial charge in [-0.2, -0.15) is 10.1 Å². The number of aromatic carboxylic acids is 1. The van der Waals surface area contributed by atoms with Crippen LogP contribution in [-0.2, 0) is 4.79 Å². The molecule has 0 unspecified atom stereocenters. The normalized spacial score (nSPS) is 21.1. The molecule has 1 aliphatic carbocycles. The summed E-state index contributed by atoms with van der Waals surface area (Å²) < 4.78 is 1.60. The first-order chi connectivity index (χ1) is 13.6.